The van der Waals surface area contributed by atoms with Gasteiger partial charge in [-0.15, -0.1) is 0 Å². The van der Waals surface area contributed by atoms with E-state index in [1.165, 1.54) is 11.1 Å². The molecule has 1 fully saturated rings. The fourth-order valence-electron chi connectivity index (χ4n) is 2.29. The van der Waals surface area contributed by atoms with Gasteiger partial charge in [0, 0.05) is 12.2 Å². The molecule has 1 unspecified atom stereocenters. The third-order valence-electron chi connectivity index (χ3n) is 3.16. The number of anilines is 1. The highest BCUT2D eigenvalue weighted by Gasteiger charge is 2.34. The Morgan fingerprint density at radius 1 is 1.60 bits per heavy atom. The van der Waals surface area contributed by atoms with Crippen LogP contribution >= 0.6 is 0 Å². The van der Waals surface area contributed by atoms with E-state index in [0.29, 0.717) is 12.1 Å². The minimum absolute atomic E-state index is 0.0376. The monoisotopic (exact) mass is 295 g/mol. The highest BCUT2D eigenvalue weighted by molar-refractivity contribution is 7.91. The van der Waals surface area contributed by atoms with E-state index >= 15 is 0 Å². The number of pyridine rings is 1. The molecule has 0 spiro atoms. The third-order valence-corrected chi connectivity index (χ3v) is 4.91. The van der Waals surface area contributed by atoms with Gasteiger partial charge in [0.2, 0.25) is 0 Å². The van der Waals surface area contributed by atoms with Crippen LogP contribution in [0, 0.1) is 11.3 Å². The predicted molar refractivity (Wildman–Crippen MR) is 71.0 cm³/mol. The maximum Gasteiger partial charge on any atom is 0.323 e. The molecule has 1 N–H and O–H groups in total. The Balaban J connectivity index is 2.38. The van der Waals surface area contributed by atoms with Crippen LogP contribution in [0.25, 0.3) is 0 Å². The second-order valence-corrected chi connectivity index (χ2v) is 6.79. The molecule has 0 aliphatic carbocycles. The topological polar surface area (TPSA) is 111 Å². The SMILES string of the molecule is N#Cc1ncccc1N(CC(=O)O)C1CCS(=O)(=O)C1. The van der Waals surface area contributed by atoms with Crippen LogP contribution in [0.2, 0.25) is 0 Å². The zero-order valence-electron chi connectivity index (χ0n) is 10.6. The van der Waals surface area contributed by atoms with E-state index in [1.807, 2.05) is 6.07 Å². The van der Waals surface area contributed by atoms with Crippen molar-refractivity contribution in [3.63, 3.8) is 0 Å². The van der Waals surface area contributed by atoms with E-state index in [2.05, 4.69) is 4.98 Å². The Labute approximate surface area is 116 Å². The average Bonchev–Trinajstić information content (AvgIpc) is 2.76. The molecule has 20 heavy (non-hydrogen) atoms. The van der Waals surface area contributed by atoms with Crippen molar-refractivity contribution in [3.05, 3.63) is 24.0 Å². The largest absolute Gasteiger partial charge is 0.480 e. The summed E-state index contributed by atoms with van der Waals surface area (Å²) in [7, 11) is -3.14. The number of aliphatic carboxylic acids is 1. The molecule has 1 aliphatic heterocycles. The molecule has 7 nitrogen and oxygen atoms in total. The molecule has 1 aromatic heterocycles. The van der Waals surface area contributed by atoms with E-state index in [1.54, 1.807) is 12.1 Å². The summed E-state index contributed by atoms with van der Waals surface area (Å²) >= 11 is 0. The van der Waals surface area contributed by atoms with Crippen LogP contribution in [0.15, 0.2) is 18.3 Å². The first-order valence-corrected chi connectivity index (χ1v) is 7.79. The fraction of sp³-hybridized carbons (Fsp3) is 0.417. The van der Waals surface area contributed by atoms with Crippen molar-refractivity contribution in [3.8, 4) is 6.07 Å². The summed E-state index contributed by atoms with van der Waals surface area (Å²) in [6.07, 6.45) is 1.79. The lowest BCUT2D eigenvalue weighted by molar-refractivity contribution is -0.135. The molecule has 1 aromatic rings. The Hall–Kier alpha value is -2.14. The summed E-state index contributed by atoms with van der Waals surface area (Å²) in [5, 5.41) is 18.0. The Morgan fingerprint density at radius 3 is 2.90 bits per heavy atom. The molecule has 0 radical (unpaired) electrons. The molecule has 2 heterocycles. The number of hydrogen-bond acceptors (Lipinski definition) is 6. The smallest absolute Gasteiger partial charge is 0.323 e. The normalized spacial score (nSPS) is 20.2. The summed E-state index contributed by atoms with van der Waals surface area (Å²) in [6.45, 7) is -0.361. The molecule has 0 saturated carbocycles. The Bertz CT molecular complexity index is 666. The maximum absolute atomic E-state index is 11.6. The van der Waals surface area contributed by atoms with Crippen LogP contribution in [-0.2, 0) is 14.6 Å². The standard InChI is InChI=1S/C12H13N3O4S/c13-6-10-11(2-1-4-14-10)15(7-12(16)17)9-3-5-20(18,19)8-9/h1-2,4,9H,3,5,7-8H2,(H,16,17). The van der Waals surface area contributed by atoms with Gasteiger partial charge in [-0.05, 0) is 18.6 Å². The van der Waals surface area contributed by atoms with Crippen molar-refractivity contribution in [2.45, 2.75) is 12.5 Å². The molecular weight excluding hydrogens is 282 g/mol. The van der Waals surface area contributed by atoms with E-state index in [-0.39, 0.29) is 23.7 Å². The van der Waals surface area contributed by atoms with Crippen molar-refractivity contribution in [2.24, 2.45) is 0 Å². The highest BCUT2D eigenvalue weighted by atomic mass is 32.2. The Kier molecular flexibility index (Phi) is 3.90. The molecule has 8 heteroatoms. The van der Waals surface area contributed by atoms with Crippen molar-refractivity contribution in [1.29, 1.82) is 5.26 Å². The van der Waals surface area contributed by atoms with Gasteiger partial charge in [-0.1, -0.05) is 0 Å². The maximum atomic E-state index is 11.6. The zero-order chi connectivity index (χ0) is 14.8. The zero-order valence-corrected chi connectivity index (χ0v) is 11.4. The number of aromatic nitrogens is 1. The molecular formula is C12H13N3O4S. The van der Waals surface area contributed by atoms with Crippen LogP contribution in [-0.4, -0.2) is 48.6 Å². The fourth-order valence-corrected chi connectivity index (χ4v) is 4.02. The first kappa shape index (κ1) is 14.3. The van der Waals surface area contributed by atoms with Crippen molar-refractivity contribution in [1.82, 2.24) is 4.98 Å². The highest BCUT2D eigenvalue weighted by Crippen LogP contribution is 2.25. The number of carboxylic acid groups (broad SMARTS) is 1. The third kappa shape index (κ3) is 3.05. The first-order valence-electron chi connectivity index (χ1n) is 5.97. The summed E-state index contributed by atoms with van der Waals surface area (Å²) in [5.41, 5.74) is 0.456. The van der Waals surface area contributed by atoms with E-state index < -0.39 is 21.8 Å². The lowest BCUT2D eigenvalue weighted by Gasteiger charge is -2.28. The van der Waals surface area contributed by atoms with Gasteiger partial charge < -0.3 is 10.0 Å². The molecule has 0 amide bonds. The number of carboxylic acids is 1. The van der Waals surface area contributed by atoms with Crippen molar-refractivity contribution >= 4 is 21.5 Å². The van der Waals surface area contributed by atoms with Crippen LogP contribution in [0.1, 0.15) is 12.1 Å². The van der Waals surface area contributed by atoms with Crippen LogP contribution in [0.3, 0.4) is 0 Å². The molecule has 2 rings (SSSR count). The molecule has 106 valence electrons. The summed E-state index contributed by atoms with van der Waals surface area (Å²) in [5.74, 6) is -1.14. The minimum atomic E-state index is -3.14. The van der Waals surface area contributed by atoms with Gasteiger partial charge in [0.25, 0.3) is 0 Å². The first-order chi connectivity index (χ1) is 9.43. The van der Waals surface area contributed by atoms with Gasteiger partial charge in [-0.2, -0.15) is 5.26 Å². The van der Waals surface area contributed by atoms with Crippen LogP contribution < -0.4 is 4.90 Å². The van der Waals surface area contributed by atoms with E-state index in [4.69, 9.17) is 10.4 Å². The molecule has 0 aromatic carbocycles. The van der Waals surface area contributed by atoms with Gasteiger partial charge in [-0.25, -0.2) is 13.4 Å². The average molecular weight is 295 g/mol. The van der Waals surface area contributed by atoms with Crippen molar-refractivity contribution in [2.75, 3.05) is 23.0 Å². The molecule has 0 bridgehead atoms. The number of rotatable bonds is 4. The number of sulfone groups is 1. The predicted octanol–water partition coefficient (Wildman–Crippen LogP) is 0.0314. The number of nitriles is 1. The second-order valence-electron chi connectivity index (χ2n) is 4.56. The number of nitrogens with zero attached hydrogens (tertiary/aromatic N) is 3. The molecule has 1 aliphatic rings. The summed E-state index contributed by atoms with van der Waals surface area (Å²) < 4.78 is 23.1. The molecule has 1 atom stereocenters. The van der Waals surface area contributed by atoms with Gasteiger partial charge in [0.05, 0.1) is 17.2 Å². The van der Waals surface area contributed by atoms with Gasteiger partial charge >= 0.3 is 5.97 Å². The molecule has 1 saturated heterocycles. The van der Waals surface area contributed by atoms with Gasteiger partial charge in [0.1, 0.15) is 12.6 Å². The summed E-state index contributed by atoms with van der Waals surface area (Å²) in [6, 6.07) is 4.64. The lowest BCUT2D eigenvalue weighted by Crippen LogP contribution is -2.40. The summed E-state index contributed by atoms with van der Waals surface area (Å²) in [4.78, 5) is 16.3. The van der Waals surface area contributed by atoms with Gasteiger partial charge in [0.15, 0.2) is 15.5 Å². The van der Waals surface area contributed by atoms with E-state index in [9.17, 15) is 13.2 Å². The second kappa shape index (κ2) is 5.46. The Morgan fingerprint density at radius 2 is 2.35 bits per heavy atom. The quantitative estimate of drug-likeness (QED) is 0.834. The minimum Gasteiger partial charge on any atom is -0.480 e. The van der Waals surface area contributed by atoms with Crippen LogP contribution in [0.5, 0.6) is 0 Å². The van der Waals surface area contributed by atoms with Gasteiger partial charge in [-0.3, -0.25) is 4.79 Å². The lowest BCUT2D eigenvalue weighted by atomic mass is 10.1. The number of carbonyl (C=O) groups is 1. The number of hydrogen-bond donors (Lipinski definition) is 1. The van der Waals surface area contributed by atoms with E-state index in [0.717, 1.165) is 0 Å². The van der Waals surface area contributed by atoms with Crippen molar-refractivity contribution < 1.29 is 18.3 Å². The van der Waals surface area contributed by atoms with Crippen LogP contribution in [0.4, 0.5) is 5.69 Å².